The fourth-order valence-corrected chi connectivity index (χ4v) is 3.38. The Bertz CT molecular complexity index is 1200. The van der Waals surface area contributed by atoms with Crippen LogP contribution >= 0.6 is 11.6 Å². The van der Waals surface area contributed by atoms with Crippen LogP contribution in [0.3, 0.4) is 0 Å². The molecule has 0 saturated carbocycles. The molecule has 2 heterocycles. The molecule has 0 amide bonds. The molecule has 31 heavy (non-hydrogen) atoms. The van der Waals surface area contributed by atoms with Gasteiger partial charge in [0.05, 0.1) is 11.2 Å². The normalized spacial score (nSPS) is 14.3. The Morgan fingerprint density at radius 2 is 1.81 bits per heavy atom. The number of ether oxygens (including phenoxy) is 1. The first kappa shape index (κ1) is 23.0. The number of imidazole rings is 1. The van der Waals surface area contributed by atoms with Crippen molar-refractivity contribution in [1.29, 1.82) is 0 Å². The summed E-state index contributed by atoms with van der Waals surface area (Å²) in [5.41, 5.74) is -2.22. The molecule has 166 valence electrons. The van der Waals surface area contributed by atoms with Crippen molar-refractivity contribution in [3.63, 3.8) is 0 Å². The zero-order valence-corrected chi connectivity index (χ0v) is 17.2. The molecule has 3 aromatic rings. The Morgan fingerprint density at radius 3 is 2.32 bits per heavy atom. The van der Waals surface area contributed by atoms with E-state index in [1.54, 1.807) is 0 Å². The molecule has 13 heteroatoms. The van der Waals surface area contributed by atoms with E-state index in [1.165, 1.54) is 12.1 Å². The van der Waals surface area contributed by atoms with E-state index in [-0.39, 0.29) is 32.9 Å². The van der Waals surface area contributed by atoms with Gasteiger partial charge in [-0.15, -0.1) is 0 Å². The summed E-state index contributed by atoms with van der Waals surface area (Å²) in [6, 6.07) is 5.57. The summed E-state index contributed by atoms with van der Waals surface area (Å²) < 4.78 is 78.8. The number of aromatic nitrogens is 3. The number of aliphatic hydroxyl groups is 1. The van der Waals surface area contributed by atoms with Gasteiger partial charge in [-0.1, -0.05) is 17.7 Å². The largest absolute Gasteiger partial charge is 0.468 e. The van der Waals surface area contributed by atoms with Crippen molar-refractivity contribution in [3.8, 4) is 5.88 Å². The van der Waals surface area contributed by atoms with Gasteiger partial charge >= 0.3 is 6.18 Å². The summed E-state index contributed by atoms with van der Waals surface area (Å²) in [5, 5.41) is 10.9. The van der Waals surface area contributed by atoms with Gasteiger partial charge in [-0.2, -0.15) is 13.2 Å². The second-order valence-corrected chi connectivity index (χ2v) is 8.89. The number of nitrogens with one attached hydrogen (secondary N) is 1. The summed E-state index contributed by atoms with van der Waals surface area (Å²) >= 11 is 5.83. The SMILES string of the molecule is CS(=O)(=O)c1cnc(C(O)(c2ccc(OCC(F)(F)F)nc2)c2ccc(F)c(Cl)c2)[nH]1. The third-order valence-corrected chi connectivity index (χ3v) is 5.47. The van der Waals surface area contributed by atoms with Gasteiger partial charge in [0.1, 0.15) is 11.6 Å². The van der Waals surface area contributed by atoms with Crippen molar-refractivity contribution in [2.24, 2.45) is 0 Å². The minimum Gasteiger partial charge on any atom is -0.468 e. The summed E-state index contributed by atoms with van der Waals surface area (Å²) in [5.74, 6) is -1.39. The Balaban J connectivity index is 2.10. The van der Waals surface area contributed by atoms with Crippen LogP contribution in [0.1, 0.15) is 17.0 Å². The van der Waals surface area contributed by atoms with Crippen LogP contribution in [0.15, 0.2) is 47.8 Å². The van der Waals surface area contributed by atoms with Crippen molar-refractivity contribution in [1.82, 2.24) is 15.0 Å². The number of halogens is 5. The van der Waals surface area contributed by atoms with E-state index in [2.05, 4.69) is 19.7 Å². The zero-order chi connectivity index (χ0) is 23.0. The summed E-state index contributed by atoms with van der Waals surface area (Å²) in [4.78, 5) is 10.2. The number of H-pyrrole nitrogens is 1. The van der Waals surface area contributed by atoms with Crippen LogP contribution < -0.4 is 4.74 Å². The van der Waals surface area contributed by atoms with Crippen LogP contribution in [0.2, 0.25) is 5.02 Å². The zero-order valence-electron chi connectivity index (χ0n) is 15.6. The quantitative estimate of drug-likeness (QED) is 0.526. The van der Waals surface area contributed by atoms with Gasteiger partial charge in [-0.05, 0) is 23.8 Å². The molecule has 0 radical (unpaired) electrons. The number of rotatable bonds is 6. The molecule has 1 aromatic carbocycles. The first-order valence-electron chi connectivity index (χ1n) is 8.40. The van der Waals surface area contributed by atoms with E-state index >= 15 is 0 Å². The van der Waals surface area contributed by atoms with Crippen molar-refractivity contribution >= 4 is 21.4 Å². The summed E-state index contributed by atoms with van der Waals surface area (Å²) in [6.45, 7) is -1.56. The average molecular weight is 480 g/mol. The maximum atomic E-state index is 13.6. The molecule has 3 rings (SSSR count). The maximum Gasteiger partial charge on any atom is 0.422 e. The molecule has 7 nitrogen and oxygen atoms in total. The highest BCUT2D eigenvalue weighted by atomic mass is 35.5. The van der Waals surface area contributed by atoms with Gasteiger partial charge in [-0.25, -0.2) is 22.8 Å². The second-order valence-electron chi connectivity index (χ2n) is 6.50. The lowest BCUT2D eigenvalue weighted by Crippen LogP contribution is -2.31. The summed E-state index contributed by atoms with van der Waals surface area (Å²) in [6.07, 6.45) is -1.64. The van der Waals surface area contributed by atoms with E-state index in [0.29, 0.717) is 0 Å². The molecule has 0 aliphatic rings. The molecular weight excluding hydrogens is 466 g/mol. The van der Waals surface area contributed by atoms with Crippen LogP contribution in [0.25, 0.3) is 0 Å². The van der Waals surface area contributed by atoms with Crippen LogP contribution in [0.4, 0.5) is 17.6 Å². The highest BCUT2D eigenvalue weighted by Crippen LogP contribution is 2.37. The molecule has 0 spiro atoms. The molecule has 1 unspecified atom stereocenters. The topological polar surface area (TPSA) is 105 Å². The molecular formula is C18H14ClF4N3O4S. The number of hydrogen-bond donors (Lipinski definition) is 2. The van der Waals surface area contributed by atoms with Crippen LogP contribution in [-0.4, -0.2) is 47.5 Å². The van der Waals surface area contributed by atoms with E-state index in [4.69, 9.17) is 11.6 Å². The maximum absolute atomic E-state index is 13.6. The molecule has 0 fully saturated rings. The van der Waals surface area contributed by atoms with Gasteiger partial charge in [0.15, 0.2) is 27.1 Å². The predicted octanol–water partition coefficient (Wildman–Crippen LogP) is 3.23. The molecule has 0 aliphatic carbocycles. The number of sulfone groups is 1. The fraction of sp³-hybridized carbons (Fsp3) is 0.222. The second kappa shape index (κ2) is 8.09. The minimum absolute atomic E-state index is 0.000870. The van der Waals surface area contributed by atoms with Gasteiger partial charge in [0.2, 0.25) is 5.88 Å². The van der Waals surface area contributed by atoms with E-state index in [0.717, 1.165) is 36.8 Å². The van der Waals surface area contributed by atoms with E-state index < -0.39 is 34.0 Å². The fourth-order valence-electron chi connectivity index (χ4n) is 2.67. The summed E-state index contributed by atoms with van der Waals surface area (Å²) in [7, 11) is -3.71. The highest BCUT2D eigenvalue weighted by molar-refractivity contribution is 7.90. The number of hydrogen-bond acceptors (Lipinski definition) is 6. The van der Waals surface area contributed by atoms with Crippen LogP contribution in [0.5, 0.6) is 5.88 Å². The third kappa shape index (κ3) is 4.97. The van der Waals surface area contributed by atoms with Gasteiger partial charge in [0, 0.05) is 24.1 Å². The highest BCUT2D eigenvalue weighted by Gasteiger charge is 2.38. The lowest BCUT2D eigenvalue weighted by atomic mass is 9.86. The van der Waals surface area contributed by atoms with Crippen molar-refractivity contribution < 1.29 is 35.8 Å². The smallest absolute Gasteiger partial charge is 0.422 e. The van der Waals surface area contributed by atoms with Gasteiger partial charge in [-0.3, -0.25) is 0 Å². The van der Waals surface area contributed by atoms with E-state index in [1.807, 2.05) is 0 Å². The first-order chi connectivity index (χ1) is 14.3. The number of benzene rings is 1. The lowest BCUT2D eigenvalue weighted by molar-refractivity contribution is -0.154. The van der Waals surface area contributed by atoms with Gasteiger partial charge < -0.3 is 14.8 Å². The van der Waals surface area contributed by atoms with Crippen molar-refractivity contribution in [2.45, 2.75) is 16.8 Å². The first-order valence-corrected chi connectivity index (χ1v) is 10.7. The Hall–Kier alpha value is -2.70. The number of aromatic amines is 1. The number of pyridine rings is 1. The molecule has 1 atom stereocenters. The van der Waals surface area contributed by atoms with Gasteiger partial charge in [0.25, 0.3) is 0 Å². The molecule has 2 N–H and O–H groups in total. The van der Waals surface area contributed by atoms with Crippen LogP contribution in [-0.2, 0) is 15.4 Å². The molecule has 0 bridgehead atoms. The lowest BCUT2D eigenvalue weighted by Gasteiger charge is -2.27. The molecule has 2 aromatic heterocycles. The monoisotopic (exact) mass is 479 g/mol. The molecule has 0 aliphatic heterocycles. The number of alkyl halides is 3. The van der Waals surface area contributed by atoms with Crippen LogP contribution in [0, 0.1) is 5.82 Å². The number of nitrogens with zero attached hydrogens (tertiary/aromatic N) is 2. The molecule has 0 saturated heterocycles. The Labute approximate surface area is 178 Å². The standard InChI is InChI=1S/C18H14ClF4N3O4S/c1-31(28,29)15-8-25-16(26-15)18(27,10-2-4-13(20)12(19)6-10)11-3-5-14(24-7-11)30-9-17(21,22)23/h2-8,27H,9H2,1H3,(H,25,26). The third-order valence-electron chi connectivity index (χ3n) is 4.17. The Kier molecular flexibility index (Phi) is 6.00. The predicted molar refractivity (Wildman–Crippen MR) is 101 cm³/mol. The average Bonchev–Trinajstić information content (AvgIpc) is 3.19. The van der Waals surface area contributed by atoms with Crippen molar-refractivity contribution in [2.75, 3.05) is 12.9 Å². The Morgan fingerprint density at radius 1 is 1.13 bits per heavy atom. The van der Waals surface area contributed by atoms with Crippen molar-refractivity contribution in [3.05, 3.63) is 70.5 Å². The van der Waals surface area contributed by atoms with E-state index in [9.17, 15) is 31.1 Å². The minimum atomic E-state index is -4.57.